The Morgan fingerprint density at radius 1 is 1.24 bits per heavy atom. The van der Waals surface area contributed by atoms with Crippen molar-refractivity contribution in [2.24, 2.45) is 4.99 Å². The first-order valence-electron chi connectivity index (χ1n) is 9.71. The minimum Gasteiger partial charge on any atom is -0.357 e. The molecule has 5 heteroatoms. The van der Waals surface area contributed by atoms with E-state index in [4.69, 9.17) is 4.99 Å². The highest BCUT2D eigenvalue weighted by Gasteiger charge is 2.24. The standard InChI is InChI=1S/C20H35N5/c1-4-21-20(22-13-15-24(3)5-2)23-16-19-12-9-14-25(19)17-18-10-7-6-8-11-18/h6-8,10-11,19H,4-5,9,12-17H2,1-3H3,(H2,21,22,23). The monoisotopic (exact) mass is 345 g/mol. The van der Waals surface area contributed by atoms with Gasteiger partial charge in [0.25, 0.3) is 0 Å². The topological polar surface area (TPSA) is 42.9 Å². The first kappa shape index (κ1) is 19.7. The zero-order valence-corrected chi connectivity index (χ0v) is 16.2. The lowest BCUT2D eigenvalue weighted by Gasteiger charge is -2.23. The molecule has 2 N–H and O–H groups in total. The molecule has 0 spiro atoms. The molecule has 1 aromatic rings. The Bertz CT molecular complexity index is 502. The van der Waals surface area contributed by atoms with E-state index in [-0.39, 0.29) is 0 Å². The van der Waals surface area contributed by atoms with Gasteiger partial charge in [-0.3, -0.25) is 9.89 Å². The van der Waals surface area contributed by atoms with Gasteiger partial charge in [0.05, 0.1) is 6.54 Å². The zero-order chi connectivity index (χ0) is 17.9. The molecule has 25 heavy (non-hydrogen) atoms. The molecule has 0 aromatic heterocycles. The van der Waals surface area contributed by atoms with Crippen LogP contribution in [-0.4, -0.2) is 68.1 Å². The summed E-state index contributed by atoms with van der Waals surface area (Å²) in [6.07, 6.45) is 2.52. The number of nitrogens with one attached hydrogen (secondary N) is 2. The van der Waals surface area contributed by atoms with Gasteiger partial charge in [-0.15, -0.1) is 0 Å². The molecule has 5 nitrogen and oxygen atoms in total. The van der Waals surface area contributed by atoms with Crippen molar-refractivity contribution in [3.05, 3.63) is 35.9 Å². The van der Waals surface area contributed by atoms with Crippen molar-refractivity contribution >= 4 is 5.96 Å². The van der Waals surface area contributed by atoms with E-state index in [1.165, 1.54) is 24.9 Å². The predicted molar refractivity (Wildman–Crippen MR) is 107 cm³/mol. The first-order chi connectivity index (χ1) is 12.2. The Kier molecular flexibility index (Phi) is 8.77. The summed E-state index contributed by atoms with van der Waals surface area (Å²) in [5.41, 5.74) is 1.39. The maximum absolute atomic E-state index is 4.84. The normalized spacial score (nSPS) is 18.7. The van der Waals surface area contributed by atoms with Gasteiger partial charge in [0, 0.05) is 32.2 Å². The van der Waals surface area contributed by atoms with Gasteiger partial charge >= 0.3 is 0 Å². The lowest BCUT2D eigenvalue weighted by molar-refractivity contribution is 0.250. The van der Waals surface area contributed by atoms with Crippen LogP contribution >= 0.6 is 0 Å². The lowest BCUT2D eigenvalue weighted by Crippen LogP contribution is -2.42. The van der Waals surface area contributed by atoms with Crippen LogP contribution in [0.3, 0.4) is 0 Å². The highest BCUT2D eigenvalue weighted by atomic mass is 15.2. The van der Waals surface area contributed by atoms with Gasteiger partial charge in [0.1, 0.15) is 0 Å². The second-order valence-corrected chi connectivity index (χ2v) is 6.79. The van der Waals surface area contributed by atoms with Crippen molar-refractivity contribution in [1.82, 2.24) is 20.4 Å². The molecule has 0 aliphatic carbocycles. The van der Waals surface area contributed by atoms with Gasteiger partial charge in [-0.2, -0.15) is 0 Å². The molecule has 1 unspecified atom stereocenters. The molecule has 1 heterocycles. The number of likely N-dealkylation sites (tertiary alicyclic amines) is 1. The largest absolute Gasteiger partial charge is 0.357 e. The van der Waals surface area contributed by atoms with Crippen LogP contribution in [-0.2, 0) is 6.54 Å². The highest BCUT2D eigenvalue weighted by molar-refractivity contribution is 5.79. The second-order valence-electron chi connectivity index (χ2n) is 6.79. The molecule has 0 amide bonds. The summed E-state index contributed by atoms with van der Waals surface area (Å²) in [6.45, 7) is 11.3. The maximum atomic E-state index is 4.84. The van der Waals surface area contributed by atoms with Crippen molar-refractivity contribution < 1.29 is 0 Å². The summed E-state index contributed by atoms with van der Waals surface area (Å²) < 4.78 is 0. The number of hydrogen-bond acceptors (Lipinski definition) is 3. The van der Waals surface area contributed by atoms with Gasteiger partial charge in [0.2, 0.25) is 0 Å². The van der Waals surface area contributed by atoms with E-state index >= 15 is 0 Å². The highest BCUT2D eigenvalue weighted by Crippen LogP contribution is 2.20. The Morgan fingerprint density at radius 3 is 2.76 bits per heavy atom. The molecule has 2 rings (SSSR count). The van der Waals surface area contributed by atoms with E-state index in [0.717, 1.165) is 45.2 Å². The smallest absolute Gasteiger partial charge is 0.191 e. The van der Waals surface area contributed by atoms with Crippen LogP contribution in [0.25, 0.3) is 0 Å². The molecule has 0 saturated carbocycles. The Labute approximate surface area is 153 Å². The summed E-state index contributed by atoms with van der Waals surface area (Å²) in [5, 5.41) is 6.82. The minimum absolute atomic E-state index is 0.550. The van der Waals surface area contributed by atoms with Crippen LogP contribution in [0.5, 0.6) is 0 Å². The van der Waals surface area contributed by atoms with Crippen LogP contribution in [0.4, 0.5) is 0 Å². The fourth-order valence-corrected chi connectivity index (χ4v) is 3.19. The molecule has 1 saturated heterocycles. The van der Waals surface area contributed by atoms with Gasteiger partial charge in [-0.1, -0.05) is 37.3 Å². The third-order valence-electron chi connectivity index (χ3n) is 4.86. The van der Waals surface area contributed by atoms with E-state index < -0.39 is 0 Å². The number of rotatable bonds is 9. The van der Waals surface area contributed by atoms with Crippen molar-refractivity contribution in [3.63, 3.8) is 0 Å². The molecular formula is C20H35N5. The third-order valence-corrected chi connectivity index (χ3v) is 4.86. The molecule has 140 valence electrons. The van der Waals surface area contributed by atoms with E-state index in [2.05, 4.69) is 71.7 Å². The fourth-order valence-electron chi connectivity index (χ4n) is 3.19. The molecule has 0 bridgehead atoms. The third kappa shape index (κ3) is 7.04. The lowest BCUT2D eigenvalue weighted by atomic mass is 10.2. The SMILES string of the molecule is CCNC(=NCC1CCCN1Cc1ccccc1)NCCN(C)CC. The number of likely N-dealkylation sites (N-methyl/N-ethyl adjacent to an activating group) is 1. The van der Waals surface area contributed by atoms with E-state index in [0.29, 0.717) is 6.04 Å². The molecule has 0 radical (unpaired) electrons. The van der Waals surface area contributed by atoms with Crippen molar-refractivity contribution in [2.75, 3.05) is 46.3 Å². The van der Waals surface area contributed by atoms with Crippen LogP contribution in [0, 0.1) is 0 Å². The number of nitrogens with zero attached hydrogens (tertiary/aromatic N) is 3. The molecule has 1 aliphatic rings. The van der Waals surface area contributed by atoms with E-state index in [1.54, 1.807) is 0 Å². The molecule has 1 aliphatic heterocycles. The van der Waals surface area contributed by atoms with Gasteiger partial charge in [0.15, 0.2) is 5.96 Å². The summed E-state index contributed by atoms with van der Waals surface area (Å²) in [6, 6.07) is 11.3. The average molecular weight is 346 g/mol. The Morgan fingerprint density at radius 2 is 2.04 bits per heavy atom. The fraction of sp³-hybridized carbons (Fsp3) is 0.650. The Hall–Kier alpha value is -1.59. The number of benzene rings is 1. The summed E-state index contributed by atoms with van der Waals surface area (Å²) in [7, 11) is 2.14. The van der Waals surface area contributed by atoms with Crippen molar-refractivity contribution in [2.45, 2.75) is 39.3 Å². The van der Waals surface area contributed by atoms with E-state index in [9.17, 15) is 0 Å². The zero-order valence-electron chi connectivity index (χ0n) is 16.2. The summed E-state index contributed by atoms with van der Waals surface area (Å²) >= 11 is 0. The van der Waals surface area contributed by atoms with Crippen LogP contribution in [0.15, 0.2) is 35.3 Å². The van der Waals surface area contributed by atoms with Crippen molar-refractivity contribution in [1.29, 1.82) is 0 Å². The quantitative estimate of drug-likeness (QED) is 0.532. The van der Waals surface area contributed by atoms with Crippen LogP contribution in [0.2, 0.25) is 0 Å². The maximum Gasteiger partial charge on any atom is 0.191 e. The van der Waals surface area contributed by atoms with Gasteiger partial charge < -0.3 is 15.5 Å². The number of guanidine groups is 1. The van der Waals surface area contributed by atoms with E-state index in [1.807, 2.05) is 0 Å². The molecule has 1 fully saturated rings. The number of hydrogen-bond donors (Lipinski definition) is 2. The average Bonchev–Trinajstić information content (AvgIpc) is 3.07. The van der Waals surface area contributed by atoms with Crippen molar-refractivity contribution in [3.8, 4) is 0 Å². The van der Waals surface area contributed by atoms with Gasteiger partial charge in [-0.25, -0.2) is 0 Å². The first-order valence-corrected chi connectivity index (χ1v) is 9.71. The van der Waals surface area contributed by atoms with Crippen LogP contribution < -0.4 is 10.6 Å². The summed E-state index contributed by atoms with van der Waals surface area (Å²) in [4.78, 5) is 9.72. The number of aliphatic imine (C=N–C) groups is 1. The Balaban J connectivity index is 1.84. The molecule has 1 aromatic carbocycles. The van der Waals surface area contributed by atoms with Crippen LogP contribution in [0.1, 0.15) is 32.3 Å². The predicted octanol–water partition coefficient (Wildman–Crippen LogP) is 2.16. The molecule has 1 atom stereocenters. The minimum atomic E-state index is 0.550. The van der Waals surface area contributed by atoms with Gasteiger partial charge in [-0.05, 0) is 45.5 Å². The molecular weight excluding hydrogens is 310 g/mol. The summed E-state index contributed by atoms with van der Waals surface area (Å²) in [5.74, 6) is 0.943. The second kappa shape index (κ2) is 11.1.